The standard InChI is InChI=1S/C25H21ClINO5/c1-2-7-17-10-6-11-19-22(17)33-24(25(26,23(19)29)28(30)31)18-12-13-21(20(27)14-18)32-15-16-8-4-3-5-9-16/h2-6,8-14,23-24,29H,1,7,15H2/t23-,24-,25+/m0/s1. The molecular weight excluding hydrogens is 557 g/mol. The number of halogens is 2. The summed E-state index contributed by atoms with van der Waals surface area (Å²) in [6.07, 6.45) is -0.600. The first-order chi connectivity index (χ1) is 15.9. The normalized spacial score (nSPS) is 21.5. The molecule has 1 N–H and O–H groups in total. The summed E-state index contributed by atoms with van der Waals surface area (Å²) in [6.45, 7) is 4.14. The molecule has 1 aliphatic rings. The van der Waals surface area contributed by atoms with Gasteiger partial charge in [-0.1, -0.05) is 60.7 Å². The van der Waals surface area contributed by atoms with Crippen molar-refractivity contribution in [1.82, 2.24) is 0 Å². The molecule has 0 radical (unpaired) electrons. The maximum absolute atomic E-state index is 12.1. The largest absolute Gasteiger partial charge is 0.488 e. The fraction of sp³-hybridized carbons (Fsp3) is 0.200. The van der Waals surface area contributed by atoms with E-state index in [0.29, 0.717) is 30.1 Å². The van der Waals surface area contributed by atoms with Gasteiger partial charge < -0.3 is 14.6 Å². The lowest BCUT2D eigenvalue weighted by atomic mass is 9.88. The number of aliphatic hydroxyl groups excluding tert-OH is 1. The van der Waals surface area contributed by atoms with Gasteiger partial charge in [-0.2, -0.15) is 0 Å². The molecule has 3 aromatic carbocycles. The molecule has 3 atom stereocenters. The zero-order valence-electron chi connectivity index (χ0n) is 17.5. The van der Waals surface area contributed by atoms with Gasteiger partial charge in [-0.25, -0.2) is 0 Å². The maximum Gasteiger partial charge on any atom is 0.364 e. The first-order valence-corrected chi connectivity index (χ1v) is 11.7. The maximum atomic E-state index is 12.1. The zero-order chi connectivity index (χ0) is 23.6. The number of alkyl halides is 1. The highest BCUT2D eigenvalue weighted by atomic mass is 127. The predicted molar refractivity (Wildman–Crippen MR) is 134 cm³/mol. The minimum Gasteiger partial charge on any atom is -0.488 e. The predicted octanol–water partition coefficient (Wildman–Crippen LogP) is 5.98. The SMILES string of the molecule is C=CCc1cccc2c1O[C@@H](c1ccc(OCc3ccccc3)c(I)c1)[C@](Cl)([N+](=O)[O-])[C@H]2O. The molecule has 0 bridgehead atoms. The van der Waals surface area contributed by atoms with Crippen LogP contribution in [0.5, 0.6) is 11.5 Å². The van der Waals surface area contributed by atoms with Crippen molar-refractivity contribution in [2.24, 2.45) is 0 Å². The molecule has 0 saturated heterocycles. The third-order valence-corrected chi connectivity index (χ3v) is 6.93. The highest BCUT2D eigenvalue weighted by Gasteiger charge is 2.62. The Kier molecular flexibility index (Phi) is 6.92. The van der Waals surface area contributed by atoms with Crippen LogP contribution in [0.3, 0.4) is 0 Å². The Balaban J connectivity index is 1.70. The molecule has 1 aliphatic heterocycles. The molecule has 0 unspecified atom stereocenters. The number of fused-ring (bicyclic) bond motifs is 1. The summed E-state index contributed by atoms with van der Waals surface area (Å²) in [7, 11) is 0. The van der Waals surface area contributed by atoms with Crippen LogP contribution in [0.2, 0.25) is 0 Å². The molecular formula is C25H21ClINO5. The van der Waals surface area contributed by atoms with Gasteiger partial charge in [0.25, 0.3) is 0 Å². The molecule has 33 heavy (non-hydrogen) atoms. The first kappa shape index (κ1) is 23.5. The van der Waals surface area contributed by atoms with Crippen molar-refractivity contribution in [2.75, 3.05) is 0 Å². The molecule has 0 saturated carbocycles. The van der Waals surface area contributed by atoms with Crippen LogP contribution in [-0.4, -0.2) is 15.0 Å². The van der Waals surface area contributed by atoms with Crippen molar-refractivity contribution in [3.05, 3.63) is 115 Å². The van der Waals surface area contributed by atoms with Gasteiger partial charge in [0.15, 0.2) is 6.10 Å². The molecule has 0 aliphatic carbocycles. The van der Waals surface area contributed by atoms with Crippen LogP contribution >= 0.6 is 34.2 Å². The van der Waals surface area contributed by atoms with Crippen LogP contribution in [0, 0.1) is 13.7 Å². The smallest absolute Gasteiger partial charge is 0.364 e. The molecule has 170 valence electrons. The average molecular weight is 578 g/mol. The number of hydrogen-bond acceptors (Lipinski definition) is 5. The second-order valence-electron chi connectivity index (χ2n) is 7.68. The van der Waals surface area contributed by atoms with Crippen molar-refractivity contribution in [3.8, 4) is 11.5 Å². The number of hydrogen-bond donors (Lipinski definition) is 1. The Morgan fingerprint density at radius 1 is 1.21 bits per heavy atom. The molecule has 0 aromatic heterocycles. The lowest BCUT2D eigenvalue weighted by Gasteiger charge is -2.38. The number of rotatable bonds is 7. The second-order valence-corrected chi connectivity index (χ2v) is 9.45. The number of ether oxygens (including phenoxy) is 2. The molecule has 6 nitrogen and oxygen atoms in total. The van der Waals surface area contributed by atoms with E-state index in [1.165, 1.54) is 0 Å². The Hall–Kier alpha value is -2.62. The van der Waals surface area contributed by atoms with Crippen molar-refractivity contribution in [3.63, 3.8) is 0 Å². The van der Waals surface area contributed by atoms with Crippen molar-refractivity contribution in [1.29, 1.82) is 0 Å². The molecule has 8 heteroatoms. The van der Waals surface area contributed by atoms with Gasteiger partial charge >= 0.3 is 5.00 Å². The Morgan fingerprint density at radius 2 is 1.97 bits per heavy atom. The van der Waals surface area contributed by atoms with Crippen LogP contribution in [0.25, 0.3) is 0 Å². The third kappa shape index (κ3) is 4.45. The van der Waals surface area contributed by atoms with Crippen LogP contribution < -0.4 is 9.47 Å². The van der Waals surface area contributed by atoms with Crippen LogP contribution in [0.15, 0.2) is 79.4 Å². The van der Waals surface area contributed by atoms with Crippen molar-refractivity contribution >= 4 is 34.2 Å². The number of aliphatic hydroxyl groups is 1. The third-order valence-electron chi connectivity index (χ3n) is 5.55. The van der Waals surface area contributed by atoms with Gasteiger partial charge in [0.05, 0.1) is 8.49 Å². The van der Waals surface area contributed by atoms with Gasteiger partial charge in [-0.3, -0.25) is 10.1 Å². The van der Waals surface area contributed by atoms with E-state index in [1.807, 2.05) is 36.4 Å². The second kappa shape index (κ2) is 9.70. The summed E-state index contributed by atoms with van der Waals surface area (Å²) in [5.74, 6) is 1.03. The molecule has 0 fully saturated rings. The minimum absolute atomic E-state index is 0.287. The van der Waals surface area contributed by atoms with Crippen LogP contribution in [-0.2, 0) is 13.0 Å². The van der Waals surface area contributed by atoms with Crippen LogP contribution in [0.1, 0.15) is 34.5 Å². The molecule has 4 rings (SSSR count). The van der Waals surface area contributed by atoms with Gasteiger partial charge in [0.2, 0.25) is 6.10 Å². The molecule has 0 amide bonds. The lowest BCUT2D eigenvalue weighted by molar-refractivity contribution is -0.570. The summed E-state index contributed by atoms with van der Waals surface area (Å²) < 4.78 is 12.8. The van der Waals surface area contributed by atoms with E-state index in [0.717, 1.165) is 14.7 Å². The number of nitrogens with zero attached hydrogens (tertiary/aromatic N) is 1. The zero-order valence-corrected chi connectivity index (χ0v) is 20.4. The topological polar surface area (TPSA) is 81.8 Å². The van der Waals surface area contributed by atoms with Gasteiger partial charge in [-0.05, 0) is 63.9 Å². The van der Waals surface area contributed by atoms with E-state index in [-0.39, 0.29) is 5.56 Å². The highest BCUT2D eigenvalue weighted by molar-refractivity contribution is 14.1. The van der Waals surface area contributed by atoms with E-state index in [4.69, 9.17) is 21.1 Å². The highest BCUT2D eigenvalue weighted by Crippen LogP contribution is 2.52. The number of benzene rings is 3. The van der Waals surface area contributed by atoms with E-state index in [2.05, 4.69) is 29.2 Å². The first-order valence-electron chi connectivity index (χ1n) is 10.2. The van der Waals surface area contributed by atoms with E-state index < -0.39 is 22.1 Å². The molecule has 1 heterocycles. The van der Waals surface area contributed by atoms with E-state index in [9.17, 15) is 15.2 Å². The summed E-state index contributed by atoms with van der Waals surface area (Å²) >= 11 is 8.63. The minimum atomic E-state index is -2.30. The van der Waals surface area contributed by atoms with E-state index in [1.54, 1.807) is 36.4 Å². The Morgan fingerprint density at radius 3 is 2.64 bits per heavy atom. The van der Waals surface area contributed by atoms with Gasteiger partial charge in [0, 0.05) is 11.1 Å². The summed E-state index contributed by atoms with van der Waals surface area (Å²) in [5.41, 5.74) is 2.55. The fourth-order valence-electron chi connectivity index (χ4n) is 3.87. The summed E-state index contributed by atoms with van der Waals surface area (Å²) in [4.78, 5) is 9.12. The summed E-state index contributed by atoms with van der Waals surface area (Å²) in [6, 6.07) is 20.0. The number of para-hydroxylation sites is 1. The van der Waals surface area contributed by atoms with Crippen LogP contribution in [0.4, 0.5) is 0 Å². The van der Waals surface area contributed by atoms with Crippen molar-refractivity contribution < 1.29 is 19.5 Å². The van der Waals surface area contributed by atoms with E-state index >= 15 is 0 Å². The monoisotopic (exact) mass is 577 g/mol. The van der Waals surface area contributed by atoms with Gasteiger partial charge in [-0.15, -0.1) is 6.58 Å². The fourth-order valence-corrected chi connectivity index (χ4v) is 4.86. The lowest BCUT2D eigenvalue weighted by Crippen LogP contribution is -2.49. The average Bonchev–Trinajstić information content (AvgIpc) is 2.81. The van der Waals surface area contributed by atoms with Gasteiger partial charge in [0.1, 0.15) is 18.1 Å². The Labute approximate surface area is 210 Å². The number of nitro groups is 1. The number of allylic oxidation sites excluding steroid dienone is 1. The molecule has 0 spiro atoms. The summed E-state index contributed by atoms with van der Waals surface area (Å²) in [5, 5.41) is 23.1. The Bertz CT molecular complexity index is 1190. The van der Waals surface area contributed by atoms with Crippen molar-refractivity contribution in [2.45, 2.75) is 30.2 Å². The quantitative estimate of drug-likeness (QED) is 0.0934. The molecule has 3 aromatic rings.